The molecule has 1 fully saturated rings. The summed E-state index contributed by atoms with van der Waals surface area (Å²) in [7, 11) is 1.24. The summed E-state index contributed by atoms with van der Waals surface area (Å²) in [5.41, 5.74) is -1.57. The van der Waals surface area contributed by atoms with E-state index in [0.29, 0.717) is 17.9 Å². The van der Waals surface area contributed by atoms with Gasteiger partial charge in [-0.1, -0.05) is 0 Å². The number of nitrogens with one attached hydrogen (secondary N) is 3. The van der Waals surface area contributed by atoms with E-state index in [9.17, 15) is 24.0 Å². The third-order valence-corrected chi connectivity index (χ3v) is 5.43. The van der Waals surface area contributed by atoms with Crippen LogP contribution in [0, 0.1) is 0 Å². The van der Waals surface area contributed by atoms with Crippen molar-refractivity contribution in [1.82, 2.24) is 16.0 Å². The van der Waals surface area contributed by atoms with E-state index in [0.717, 1.165) is 0 Å². The Kier molecular flexibility index (Phi) is 11.1. The van der Waals surface area contributed by atoms with Gasteiger partial charge in [-0.2, -0.15) is 11.8 Å². The predicted molar refractivity (Wildman–Crippen MR) is 126 cm³/mol. The van der Waals surface area contributed by atoms with Gasteiger partial charge in [0.15, 0.2) is 0 Å². The number of hydrogen-bond acceptors (Lipinski definition) is 9. The molecule has 0 saturated carbocycles. The van der Waals surface area contributed by atoms with Gasteiger partial charge in [-0.15, -0.1) is 0 Å². The lowest BCUT2D eigenvalue weighted by atomic mass is 10.1. The van der Waals surface area contributed by atoms with Gasteiger partial charge in [0.25, 0.3) is 0 Å². The fourth-order valence-electron chi connectivity index (χ4n) is 2.86. The molecule has 0 spiro atoms. The van der Waals surface area contributed by atoms with Crippen LogP contribution < -0.4 is 16.0 Å². The molecular formula is C22H37N3O8S. The first-order chi connectivity index (χ1) is 15.6. The number of esters is 2. The van der Waals surface area contributed by atoms with Gasteiger partial charge < -0.3 is 30.2 Å². The monoisotopic (exact) mass is 503 g/mol. The molecule has 1 heterocycles. The van der Waals surface area contributed by atoms with Gasteiger partial charge in [0, 0.05) is 12.2 Å². The Morgan fingerprint density at radius 1 is 1.09 bits per heavy atom. The third-order valence-electron chi connectivity index (χ3n) is 4.33. The molecule has 0 radical (unpaired) electrons. The average Bonchev–Trinajstić information content (AvgIpc) is 2.67. The average molecular weight is 504 g/mol. The maximum absolute atomic E-state index is 12.6. The van der Waals surface area contributed by atoms with Crippen LogP contribution in [-0.4, -0.2) is 77.8 Å². The molecular weight excluding hydrogens is 466 g/mol. The molecule has 12 heteroatoms. The number of methoxy groups -OCH3 is 1. The van der Waals surface area contributed by atoms with Gasteiger partial charge in [0.2, 0.25) is 11.8 Å². The van der Waals surface area contributed by atoms with Crippen LogP contribution in [0.3, 0.4) is 0 Å². The number of ether oxygens (including phenoxy) is 3. The Hall–Kier alpha value is -2.50. The number of amides is 3. The summed E-state index contributed by atoms with van der Waals surface area (Å²) in [6.07, 6.45) is -0.605. The minimum atomic E-state index is -1.12. The predicted octanol–water partition coefficient (Wildman–Crippen LogP) is 1.28. The molecule has 1 aliphatic heterocycles. The van der Waals surface area contributed by atoms with E-state index in [-0.39, 0.29) is 12.8 Å². The molecule has 0 aromatic heterocycles. The highest BCUT2D eigenvalue weighted by molar-refractivity contribution is 7.99. The second kappa shape index (κ2) is 12.8. The minimum absolute atomic E-state index is 0.0632. The zero-order chi connectivity index (χ0) is 26.1. The first-order valence-corrected chi connectivity index (χ1v) is 12.2. The van der Waals surface area contributed by atoms with E-state index in [1.54, 1.807) is 41.5 Å². The van der Waals surface area contributed by atoms with E-state index in [1.807, 2.05) is 0 Å². The third kappa shape index (κ3) is 11.6. The van der Waals surface area contributed by atoms with E-state index >= 15 is 0 Å². The highest BCUT2D eigenvalue weighted by Gasteiger charge is 2.31. The largest absolute Gasteiger partial charge is 0.467 e. The number of rotatable bonds is 7. The van der Waals surface area contributed by atoms with Gasteiger partial charge in [0.1, 0.15) is 29.3 Å². The van der Waals surface area contributed by atoms with Gasteiger partial charge in [-0.3, -0.25) is 9.59 Å². The first-order valence-electron chi connectivity index (χ1n) is 11.1. The van der Waals surface area contributed by atoms with E-state index in [1.165, 1.54) is 18.9 Å². The van der Waals surface area contributed by atoms with Crippen LogP contribution in [0.5, 0.6) is 0 Å². The van der Waals surface area contributed by atoms with Crippen molar-refractivity contribution in [3.05, 3.63) is 0 Å². The van der Waals surface area contributed by atoms with Gasteiger partial charge >= 0.3 is 18.0 Å². The van der Waals surface area contributed by atoms with Crippen molar-refractivity contribution in [1.29, 1.82) is 0 Å². The molecule has 1 rings (SSSR count). The van der Waals surface area contributed by atoms with Crippen LogP contribution in [-0.2, 0) is 33.4 Å². The Labute approximate surface area is 204 Å². The Morgan fingerprint density at radius 2 is 1.71 bits per heavy atom. The van der Waals surface area contributed by atoms with Crippen LogP contribution in [0.15, 0.2) is 0 Å². The zero-order valence-corrected chi connectivity index (χ0v) is 21.8. The second-order valence-electron chi connectivity index (χ2n) is 9.84. The smallest absolute Gasteiger partial charge is 0.408 e. The van der Waals surface area contributed by atoms with Crippen molar-refractivity contribution in [2.24, 2.45) is 0 Å². The molecule has 11 nitrogen and oxygen atoms in total. The van der Waals surface area contributed by atoms with E-state index in [4.69, 9.17) is 14.2 Å². The van der Waals surface area contributed by atoms with Crippen molar-refractivity contribution in [2.75, 3.05) is 18.6 Å². The molecule has 0 unspecified atom stereocenters. The quantitative estimate of drug-likeness (QED) is 0.345. The van der Waals surface area contributed by atoms with Gasteiger partial charge in [-0.25, -0.2) is 14.4 Å². The molecule has 0 aliphatic carbocycles. The Balaban J connectivity index is 2.77. The highest BCUT2D eigenvalue weighted by Crippen LogP contribution is 2.14. The maximum atomic E-state index is 12.6. The number of carbonyl (C=O) groups is 5. The molecule has 0 bridgehead atoms. The fraction of sp³-hybridized carbons (Fsp3) is 0.773. The van der Waals surface area contributed by atoms with Crippen molar-refractivity contribution in [2.45, 2.75) is 90.1 Å². The lowest BCUT2D eigenvalue weighted by Crippen LogP contribution is -2.54. The summed E-state index contributed by atoms with van der Waals surface area (Å²) in [6.45, 7) is 10.1. The molecule has 3 atom stereocenters. The van der Waals surface area contributed by atoms with Gasteiger partial charge in [0.05, 0.1) is 7.11 Å². The molecule has 1 aliphatic rings. The van der Waals surface area contributed by atoms with Crippen LogP contribution in [0.25, 0.3) is 0 Å². The maximum Gasteiger partial charge on any atom is 0.408 e. The lowest BCUT2D eigenvalue weighted by molar-refractivity contribution is -0.157. The Morgan fingerprint density at radius 3 is 2.26 bits per heavy atom. The number of alkyl carbamates (subject to hydrolysis) is 1. The Bertz CT molecular complexity index is 760. The van der Waals surface area contributed by atoms with E-state index in [2.05, 4.69) is 16.0 Å². The molecule has 3 N–H and O–H groups in total. The van der Waals surface area contributed by atoms with Crippen LogP contribution in [0.1, 0.15) is 60.8 Å². The van der Waals surface area contributed by atoms with E-state index < -0.39 is 59.2 Å². The summed E-state index contributed by atoms with van der Waals surface area (Å²) >= 11 is 1.43. The standard InChI is InChI=1S/C22H37N3O8S/c1-21(2,3)32-19(29)13(25-20(30)33-22(4,5)6)8-9-16(26)23-15-12-34-11-10-14(18(28)31-7)24-17(15)27/h13-15H,8-12H2,1-7H3,(H,23,26)(H,24,27)(H,25,30)/t13-,14+,15-/m0/s1. The van der Waals surface area contributed by atoms with Crippen LogP contribution in [0.4, 0.5) is 4.79 Å². The summed E-state index contributed by atoms with van der Waals surface area (Å²) in [4.78, 5) is 61.7. The summed E-state index contributed by atoms with van der Waals surface area (Å²) in [5.74, 6) is -1.30. The molecule has 3 amide bonds. The summed E-state index contributed by atoms with van der Waals surface area (Å²) in [5, 5.41) is 7.68. The van der Waals surface area contributed by atoms with Crippen molar-refractivity contribution < 1.29 is 38.2 Å². The second-order valence-corrected chi connectivity index (χ2v) is 11.0. The molecule has 0 aromatic carbocycles. The zero-order valence-electron chi connectivity index (χ0n) is 20.9. The SMILES string of the molecule is COC(=O)[C@H]1CCSC[C@H](NC(=O)CC[C@H](NC(=O)OC(C)(C)C)C(=O)OC(C)(C)C)C(=O)N1. The first kappa shape index (κ1) is 29.5. The summed E-state index contributed by atoms with van der Waals surface area (Å²) < 4.78 is 15.3. The topological polar surface area (TPSA) is 149 Å². The van der Waals surface area contributed by atoms with Crippen LogP contribution in [0.2, 0.25) is 0 Å². The minimum Gasteiger partial charge on any atom is -0.467 e. The number of carbonyl (C=O) groups excluding carboxylic acids is 5. The van der Waals surface area contributed by atoms with Crippen LogP contribution >= 0.6 is 11.8 Å². The highest BCUT2D eigenvalue weighted by atomic mass is 32.2. The lowest BCUT2D eigenvalue weighted by Gasteiger charge is -2.27. The van der Waals surface area contributed by atoms with Gasteiger partial charge in [-0.05, 0) is 60.1 Å². The number of thioether (sulfide) groups is 1. The molecule has 0 aromatic rings. The normalized spacial score (nSPS) is 20.0. The molecule has 194 valence electrons. The molecule has 1 saturated heterocycles. The van der Waals surface area contributed by atoms with Crippen molar-refractivity contribution in [3.8, 4) is 0 Å². The van der Waals surface area contributed by atoms with Crippen molar-refractivity contribution >= 4 is 41.6 Å². The number of hydrogen-bond donors (Lipinski definition) is 3. The van der Waals surface area contributed by atoms with Crippen molar-refractivity contribution in [3.63, 3.8) is 0 Å². The summed E-state index contributed by atoms with van der Waals surface area (Å²) in [6, 6.07) is -2.76. The fourth-order valence-corrected chi connectivity index (χ4v) is 3.90. The molecule has 34 heavy (non-hydrogen) atoms.